The van der Waals surface area contributed by atoms with Crippen molar-refractivity contribution in [3.05, 3.63) is 65.7 Å². The quantitative estimate of drug-likeness (QED) is 0.858. The summed E-state index contributed by atoms with van der Waals surface area (Å²) < 4.78 is 0. The van der Waals surface area contributed by atoms with Crippen LogP contribution in [0.5, 0.6) is 0 Å². The van der Waals surface area contributed by atoms with Crippen molar-refractivity contribution < 1.29 is 5.11 Å². The fourth-order valence-corrected chi connectivity index (χ4v) is 1.81. The topological polar surface area (TPSA) is 32.3 Å². The van der Waals surface area contributed by atoms with Crippen LogP contribution in [0.3, 0.4) is 0 Å². The average molecular weight is 241 g/mol. The molecule has 18 heavy (non-hydrogen) atoms. The van der Waals surface area contributed by atoms with Gasteiger partial charge in [-0.1, -0.05) is 42.5 Å². The van der Waals surface area contributed by atoms with Gasteiger partial charge in [0.05, 0.1) is 5.60 Å². The maximum absolute atomic E-state index is 9.97. The summed E-state index contributed by atoms with van der Waals surface area (Å²) in [5.41, 5.74) is 2.38. The molecule has 2 heteroatoms. The zero-order valence-corrected chi connectivity index (χ0v) is 10.9. The molecule has 2 nitrogen and oxygen atoms in total. The van der Waals surface area contributed by atoms with Crippen molar-refractivity contribution in [2.75, 3.05) is 5.32 Å². The van der Waals surface area contributed by atoms with E-state index in [1.165, 1.54) is 5.56 Å². The van der Waals surface area contributed by atoms with Crippen molar-refractivity contribution in [2.24, 2.45) is 0 Å². The van der Waals surface area contributed by atoms with Crippen LogP contribution in [0, 0.1) is 0 Å². The zero-order chi connectivity index (χ0) is 13.0. The van der Waals surface area contributed by atoms with Gasteiger partial charge in [0.2, 0.25) is 0 Å². The second kappa shape index (κ2) is 5.23. The molecule has 2 aromatic carbocycles. The highest BCUT2D eigenvalue weighted by Crippen LogP contribution is 2.22. The molecule has 94 valence electrons. The van der Waals surface area contributed by atoms with E-state index in [2.05, 4.69) is 17.4 Å². The van der Waals surface area contributed by atoms with Gasteiger partial charge in [-0.15, -0.1) is 0 Å². The van der Waals surface area contributed by atoms with E-state index in [0.717, 1.165) is 17.8 Å². The fourth-order valence-electron chi connectivity index (χ4n) is 1.81. The van der Waals surface area contributed by atoms with Gasteiger partial charge >= 0.3 is 0 Å². The summed E-state index contributed by atoms with van der Waals surface area (Å²) >= 11 is 0. The van der Waals surface area contributed by atoms with Crippen molar-refractivity contribution in [3.63, 3.8) is 0 Å². The van der Waals surface area contributed by atoms with Crippen molar-refractivity contribution in [1.29, 1.82) is 0 Å². The largest absolute Gasteiger partial charge is 0.386 e. The number of benzene rings is 2. The summed E-state index contributed by atoms with van der Waals surface area (Å²) in [5.74, 6) is 0. The minimum atomic E-state index is -0.801. The lowest BCUT2D eigenvalue weighted by atomic mass is 9.98. The van der Waals surface area contributed by atoms with Crippen molar-refractivity contribution >= 4 is 5.69 Å². The number of hydrogen-bond donors (Lipinski definition) is 2. The molecule has 0 aromatic heterocycles. The van der Waals surface area contributed by atoms with Gasteiger partial charge in [-0.3, -0.25) is 0 Å². The van der Waals surface area contributed by atoms with Crippen molar-refractivity contribution in [2.45, 2.75) is 26.0 Å². The minimum Gasteiger partial charge on any atom is -0.386 e. The first-order valence-electron chi connectivity index (χ1n) is 6.16. The Labute approximate surface area is 108 Å². The Hall–Kier alpha value is -1.80. The lowest BCUT2D eigenvalue weighted by molar-refractivity contribution is 0.0786. The van der Waals surface area contributed by atoms with E-state index in [1.807, 2.05) is 42.5 Å². The van der Waals surface area contributed by atoms with Crippen LogP contribution in [-0.2, 0) is 12.1 Å². The molecular formula is C16H19NO. The molecular weight excluding hydrogens is 222 g/mol. The molecule has 0 radical (unpaired) electrons. The molecule has 0 aliphatic carbocycles. The second-order valence-corrected chi connectivity index (χ2v) is 4.98. The molecule has 2 rings (SSSR count). The predicted molar refractivity (Wildman–Crippen MR) is 75.5 cm³/mol. The van der Waals surface area contributed by atoms with Crippen molar-refractivity contribution in [1.82, 2.24) is 0 Å². The molecule has 0 heterocycles. The summed E-state index contributed by atoms with van der Waals surface area (Å²) in [6.07, 6.45) is 0. The minimum absolute atomic E-state index is 0.788. The molecule has 0 atom stereocenters. The Morgan fingerprint density at radius 3 is 2.39 bits per heavy atom. The van der Waals surface area contributed by atoms with Gasteiger partial charge in [0.1, 0.15) is 0 Å². The van der Waals surface area contributed by atoms with Crippen LogP contribution in [0.1, 0.15) is 25.0 Å². The van der Waals surface area contributed by atoms with Crippen LogP contribution in [-0.4, -0.2) is 5.11 Å². The van der Waals surface area contributed by atoms with E-state index < -0.39 is 5.60 Å². The summed E-state index contributed by atoms with van der Waals surface area (Å²) in [6.45, 7) is 4.38. The Morgan fingerprint density at radius 2 is 1.72 bits per heavy atom. The van der Waals surface area contributed by atoms with Gasteiger partial charge in [-0.25, -0.2) is 0 Å². The van der Waals surface area contributed by atoms with Crippen LogP contribution in [0.25, 0.3) is 0 Å². The number of rotatable bonds is 4. The van der Waals surface area contributed by atoms with E-state index in [9.17, 15) is 5.11 Å². The van der Waals surface area contributed by atoms with Gasteiger partial charge in [-0.05, 0) is 37.1 Å². The van der Waals surface area contributed by atoms with E-state index in [0.29, 0.717) is 0 Å². The molecule has 0 saturated carbocycles. The first-order chi connectivity index (χ1) is 8.55. The number of aliphatic hydroxyl groups is 1. The van der Waals surface area contributed by atoms with E-state index >= 15 is 0 Å². The van der Waals surface area contributed by atoms with Crippen LogP contribution < -0.4 is 5.32 Å². The van der Waals surface area contributed by atoms with E-state index in [-0.39, 0.29) is 0 Å². The van der Waals surface area contributed by atoms with Crippen LogP contribution in [0.4, 0.5) is 5.69 Å². The molecule has 2 aromatic rings. The van der Waals surface area contributed by atoms with Gasteiger partial charge < -0.3 is 10.4 Å². The van der Waals surface area contributed by atoms with Crippen molar-refractivity contribution in [3.8, 4) is 0 Å². The first-order valence-corrected chi connectivity index (χ1v) is 6.16. The predicted octanol–water partition coefficient (Wildman–Crippen LogP) is 3.53. The van der Waals surface area contributed by atoms with Crippen LogP contribution in [0.2, 0.25) is 0 Å². The average Bonchev–Trinajstić information content (AvgIpc) is 2.37. The Kier molecular flexibility index (Phi) is 3.68. The standard InChI is InChI=1S/C16H19NO/c1-16(2,18)14-9-6-10-15(11-14)17-12-13-7-4-3-5-8-13/h3-11,17-18H,12H2,1-2H3. The first kappa shape index (κ1) is 12.7. The van der Waals surface area contributed by atoms with Gasteiger partial charge in [0.15, 0.2) is 0 Å². The maximum atomic E-state index is 9.97. The highest BCUT2D eigenvalue weighted by molar-refractivity contribution is 5.47. The third-order valence-corrected chi connectivity index (χ3v) is 2.91. The molecule has 0 unspecified atom stereocenters. The smallest absolute Gasteiger partial charge is 0.0841 e. The maximum Gasteiger partial charge on any atom is 0.0841 e. The Bertz CT molecular complexity index is 500. The molecule has 0 aliphatic heterocycles. The molecule has 0 aliphatic rings. The molecule has 0 bridgehead atoms. The van der Waals surface area contributed by atoms with Crippen LogP contribution in [0.15, 0.2) is 54.6 Å². The van der Waals surface area contributed by atoms with Gasteiger partial charge in [0, 0.05) is 12.2 Å². The Morgan fingerprint density at radius 1 is 1.00 bits per heavy atom. The number of hydrogen-bond acceptors (Lipinski definition) is 2. The molecule has 2 N–H and O–H groups in total. The second-order valence-electron chi connectivity index (χ2n) is 4.98. The van der Waals surface area contributed by atoms with Gasteiger partial charge in [0.25, 0.3) is 0 Å². The van der Waals surface area contributed by atoms with E-state index in [4.69, 9.17) is 0 Å². The normalized spacial score (nSPS) is 11.3. The molecule has 0 saturated heterocycles. The molecule has 0 amide bonds. The summed E-state index contributed by atoms with van der Waals surface area (Å²) in [5, 5.41) is 13.3. The fraction of sp³-hybridized carbons (Fsp3) is 0.250. The highest BCUT2D eigenvalue weighted by atomic mass is 16.3. The number of nitrogens with one attached hydrogen (secondary N) is 1. The third kappa shape index (κ3) is 3.34. The Balaban J connectivity index is 2.06. The van der Waals surface area contributed by atoms with Gasteiger partial charge in [-0.2, -0.15) is 0 Å². The lowest BCUT2D eigenvalue weighted by Crippen LogP contribution is -2.15. The number of anilines is 1. The van der Waals surface area contributed by atoms with E-state index in [1.54, 1.807) is 13.8 Å². The third-order valence-electron chi connectivity index (χ3n) is 2.91. The summed E-state index contributed by atoms with van der Waals surface area (Å²) in [6, 6.07) is 18.2. The molecule has 0 spiro atoms. The SMILES string of the molecule is CC(C)(O)c1cccc(NCc2ccccc2)c1. The van der Waals surface area contributed by atoms with Crippen LogP contribution >= 0.6 is 0 Å². The highest BCUT2D eigenvalue weighted by Gasteiger charge is 2.15. The summed E-state index contributed by atoms with van der Waals surface area (Å²) in [4.78, 5) is 0. The monoisotopic (exact) mass is 241 g/mol. The lowest BCUT2D eigenvalue weighted by Gasteiger charge is -2.19. The zero-order valence-electron chi connectivity index (χ0n) is 10.9. The summed E-state index contributed by atoms with van der Waals surface area (Å²) in [7, 11) is 0. The molecule has 0 fully saturated rings.